The molecule has 0 amide bonds. The van der Waals surface area contributed by atoms with Gasteiger partial charge in [-0.2, -0.15) is 5.26 Å². The Balaban J connectivity index is 3.05. The van der Waals surface area contributed by atoms with Crippen LogP contribution in [0.4, 0.5) is 10.7 Å². The van der Waals surface area contributed by atoms with Crippen LogP contribution in [0.5, 0.6) is 5.75 Å². The molecule has 0 unspecified atom stereocenters. The van der Waals surface area contributed by atoms with Gasteiger partial charge in [-0.15, -0.1) is 11.3 Å². The van der Waals surface area contributed by atoms with E-state index in [0.29, 0.717) is 22.9 Å². The minimum Gasteiger partial charge on any atom is -0.486 e. The molecule has 0 saturated heterocycles. The van der Waals surface area contributed by atoms with Gasteiger partial charge >= 0.3 is 0 Å². The normalized spacial score (nSPS) is 10.4. The number of anilines is 2. The predicted molar refractivity (Wildman–Crippen MR) is 74.4 cm³/mol. The van der Waals surface area contributed by atoms with Crippen LogP contribution >= 0.6 is 11.3 Å². The molecule has 18 heavy (non-hydrogen) atoms. The van der Waals surface area contributed by atoms with Crippen LogP contribution in [0, 0.1) is 11.3 Å². The lowest BCUT2D eigenvalue weighted by atomic mass is 10.3. The fourth-order valence-corrected chi connectivity index (χ4v) is 2.37. The van der Waals surface area contributed by atoms with E-state index in [1.807, 2.05) is 25.8 Å². The number of thiophene rings is 1. The number of rotatable bonds is 6. The summed E-state index contributed by atoms with van der Waals surface area (Å²) >= 11 is 1.35. The number of hydrogen-bond donors (Lipinski definition) is 1. The van der Waals surface area contributed by atoms with Crippen LogP contribution in [0.1, 0.15) is 18.7 Å². The summed E-state index contributed by atoms with van der Waals surface area (Å²) in [5, 5.41) is 9.90. The van der Waals surface area contributed by atoms with Crippen LogP contribution in [0.3, 0.4) is 0 Å². The highest BCUT2D eigenvalue weighted by Gasteiger charge is 2.21. The van der Waals surface area contributed by atoms with E-state index in [-0.39, 0.29) is 6.10 Å². The molecule has 0 fully saturated rings. The summed E-state index contributed by atoms with van der Waals surface area (Å²) in [6.45, 7) is 5.19. The fraction of sp³-hybridized carbons (Fsp3) is 0.583. The Morgan fingerprint density at radius 2 is 2.17 bits per heavy atom. The molecular formula is C12H19N3O2S. The molecule has 6 heteroatoms. The Morgan fingerprint density at radius 1 is 1.50 bits per heavy atom. The highest BCUT2D eigenvalue weighted by Crippen LogP contribution is 2.44. The first-order chi connectivity index (χ1) is 8.51. The van der Waals surface area contributed by atoms with Crippen molar-refractivity contribution in [2.24, 2.45) is 0 Å². The number of nitrogens with zero attached hydrogens (tertiary/aromatic N) is 2. The summed E-state index contributed by atoms with van der Waals surface area (Å²) in [4.78, 5) is 2.48. The van der Waals surface area contributed by atoms with Gasteiger partial charge in [0.05, 0.1) is 12.7 Å². The number of nitrogen functional groups attached to an aromatic ring is 1. The number of hydrogen-bond acceptors (Lipinski definition) is 6. The lowest BCUT2D eigenvalue weighted by Crippen LogP contribution is -2.22. The molecule has 0 radical (unpaired) electrons. The molecule has 1 heterocycles. The van der Waals surface area contributed by atoms with Crippen LogP contribution < -0.4 is 15.4 Å². The Kier molecular flexibility index (Phi) is 5.25. The molecular weight excluding hydrogens is 250 g/mol. The van der Waals surface area contributed by atoms with Gasteiger partial charge in [-0.3, -0.25) is 0 Å². The van der Waals surface area contributed by atoms with Gasteiger partial charge in [-0.1, -0.05) is 0 Å². The number of ether oxygens (including phenoxy) is 2. The zero-order valence-corrected chi connectivity index (χ0v) is 12.0. The minimum atomic E-state index is 0.0167. The molecule has 5 nitrogen and oxygen atoms in total. The van der Waals surface area contributed by atoms with Gasteiger partial charge in [0.1, 0.15) is 21.6 Å². The summed E-state index contributed by atoms with van der Waals surface area (Å²) in [7, 11) is 3.58. The third-order valence-corrected chi connectivity index (χ3v) is 3.52. The lowest BCUT2D eigenvalue weighted by Gasteiger charge is -2.20. The molecule has 0 aliphatic rings. The van der Waals surface area contributed by atoms with Gasteiger partial charge in [-0.05, 0) is 13.8 Å². The van der Waals surface area contributed by atoms with Gasteiger partial charge in [0, 0.05) is 20.7 Å². The molecule has 0 saturated carbocycles. The highest BCUT2D eigenvalue weighted by atomic mass is 32.1. The number of likely N-dealkylation sites (N-methyl/N-ethyl adjacent to an activating group) is 1. The van der Waals surface area contributed by atoms with Crippen molar-refractivity contribution in [1.82, 2.24) is 0 Å². The summed E-state index contributed by atoms with van der Waals surface area (Å²) in [5.41, 5.74) is 6.36. The quantitative estimate of drug-likeness (QED) is 0.856. The second kappa shape index (κ2) is 6.47. The molecule has 2 N–H and O–H groups in total. The molecule has 100 valence electrons. The van der Waals surface area contributed by atoms with Gasteiger partial charge in [-0.25, -0.2) is 0 Å². The first kappa shape index (κ1) is 14.6. The predicted octanol–water partition coefficient (Wildman–Crippen LogP) is 2.07. The molecule has 0 aliphatic carbocycles. The van der Waals surface area contributed by atoms with Gasteiger partial charge in [0.25, 0.3) is 0 Å². The molecule has 1 rings (SSSR count). The zero-order chi connectivity index (χ0) is 13.7. The smallest absolute Gasteiger partial charge is 0.178 e. The fourth-order valence-electron chi connectivity index (χ4n) is 1.43. The van der Waals surface area contributed by atoms with E-state index >= 15 is 0 Å². The zero-order valence-electron chi connectivity index (χ0n) is 11.2. The van der Waals surface area contributed by atoms with E-state index in [1.54, 1.807) is 7.11 Å². The Bertz CT molecular complexity index is 437. The summed E-state index contributed by atoms with van der Waals surface area (Å²) in [6, 6.07) is 2.10. The van der Waals surface area contributed by atoms with Crippen molar-refractivity contribution in [2.75, 3.05) is 37.9 Å². The Labute approximate surface area is 112 Å². The van der Waals surface area contributed by atoms with Crippen molar-refractivity contribution < 1.29 is 9.47 Å². The summed E-state index contributed by atoms with van der Waals surface area (Å²) in [6.07, 6.45) is 0.0167. The van der Waals surface area contributed by atoms with Gasteiger partial charge in [0.15, 0.2) is 5.75 Å². The maximum atomic E-state index is 9.03. The van der Waals surface area contributed by atoms with E-state index in [2.05, 4.69) is 6.07 Å². The van der Waals surface area contributed by atoms with Crippen molar-refractivity contribution in [3.63, 3.8) is 0 Å². The first-order valence-corrected chi connectivity index (χ1v) is 6.52. The Morgan fingerprint density at radius 3 is 2.67 bits per heavy atom. The Hall–Kier alpha value is -1.45. The van der Waals surface area contributed by atoms with Gasteiger partial charge in [0.2, 0.25) is 0 Å². The topological polar surface area (TPSA) is 71.5 Å². The molecule has 1 aromatic rings. The van der Waals surface area contributed by atoms with E-state index < -0.39 is 0 Å². The third-order valence-electron chi connectivity index (χ3n) is 2.31. The number of methoxy groups -OCH3 is 1. The summed E-state index contributed by atoms with van der Waals surface area (Å²) in [5.74, 6) is 0.602. The minimum absolute atomic E-state index is 0.0167. The van der Waals surface area contributed by atoms with Crippen molar-refractivity contribution in [3.8, 4) is 11.8 Å². The maximum absolute atomic E-state index is 9.03. The van der Waals surface area contributed by atoms with E-state index in [0.717, 1.165) is 11.5 Å². The molecule has 1 aromatic heterocycles. The monoisotopic (exact) mass is 269 g/mol. The number of nitrogens with two attached hydrogens (primary N) is 1. The average Bonchev–Trinajstić information content (AvgIpc) is 2.63. The van der Waals surface area contributed by atoms with E-state index in [1.165, 1.54) is 11.3 Å². The van der Waals surface area contributed by atoms with Crippen LogP contribution in [-0.4, -0.2) is 33.4 Å². The maximum Gasteiger partial charge on any atom is 0.178 e. The van der Waals surface area contributed by atoms with Crippen molar-refractivity contribution in [3.05, 3.63) is 4.88 Å². The summed E-state index contributed by atoms with van der Waals surface area (Å²) < 4.78 is 10.8. The van der Waals surface area contributed by atoms with E-state index in [4.69, 9.17) is 20.5 Å². The van der Waals surface area contributed by atoms with Crippen molar-refractivity contribution >= 4 is 22.0 Å². The first-order valence-electron chi connectivity index (χ1n) is 5.70. The van der Waals surface area contributed by atoms with Crippen LogP contribution in [0.2, 0.25) is 0 Å². The second-order valence-electron chi connectivity index (χ2n) is 4.17. The van der Waals surface area contributed by atoms with E-state index in [9.17, 15) is 0 Å². The highest BCUT2D eigenvalue weighted by molar-refractivity contribution is 7.17. The average molecular weight is 269 g/mol. The van der Waals surface area contributed by atoms with Crippen LogP contribution in [-0.2, 0) is 4.74 Å². The lowest BCUT2D eigenvalue weighted by molar-refractivity contribution is 0.206. The molecule has 0 aliphatic heterocycles. The molecule has 0 aromatic carbocycles. The van der Waals surface area contributed by atoms with Crippen molar-refractivity contribution in [1.29, 1.82) is 5.26 Å². The second-order valence-corrected chi connectivity index (χ2v) is 5.17. The standard InChI is InChI=1S/C12H19N3O2S/c1-8(2)17-11-10(14)9(7-13)18-12(11)15(3)5-6-16-4/h8H,5-6,14H2,1-4H3. The SMILES string of the molecule is COCCN(C)c1sc(C#N)c(N)c1OC(C)C. The molecule has 0 spiro atoms. The molecule has 0 bridgehead atoms. The number of nitriles is 1. The molecule has 0 atom stereocenters. The van der Waals surface area contributed by atoms with Crippen LogP contribution in [0.15, 0.2) is 0 Å². The third kappa shape index (κ3) is 3.28. The van der Waals surface area contributed by atoms with Crippen molar-refractivity contribution in [2.45, 2.75) is 20.0 Å². The van der Waals surface area contributed by atoms with Gasteiger partial charge < -0.3 is 20.1 Å². The van der Waals surface area contributed by atoms with Crippen LogP contribution in [0.25, 0.3) is 0 Å². The largest absolute Gasteiger partial charge is 0.486 e.